The Balaban J connectivity index is 2.04. The van der Waals surface area contributed by atoms with Crippen LogP contribution in [-0.2, 0) is 15.0 Å². The van der Waals surface area contributed by atoms with Crippen LogP contribution in [0.1, 0.15) is 32.6 Å². The zero-order valence-electron chi connectivity index (χ0n) is 11.3. The Morgan fingerprint density at radius 3 is 2.37 bits per heavy atom. The highest BCUT2D eigenvalue weighted by atomic mass is 32.2. The molecule has 6 nitrogen and oxygen atoms in total. The minimum atomic E-state index is -3.33. The van der Waals surface area contributed by atoms with Gasteiger partial charge in [-0.25, -0.2) is 9.79 Å². The summed E-state index contributed by atoms with van der Waals surface area (Å²) in [5.74, 6) is 0.0646. The van der Waals surface area contributed by atoms with Crippen molar-refractivity contribution in [2.45, 2.75) is 38.6 Å². The van der Waals surface area contributed by atoms with Crippen LogP contribution in [0.25, 0.3) is 0 Å². The molecule has 2 fully saturated rings. The lowest BCUT2D eigenvalue weighted by Crippen LogP contribution is -2.51. The van der Waals surface area contributed by atoms with Gasteiger partial charge in [-0.05, 0) is 25.2 Å². The second kappa shape index (κ2) is 6.13. The number of nitrogens with zero attached hydrogens (tertiary/aromatic N) is 3. The predicted octanol–water partition coefficient (Wildman–Crippen LogP) is 0.763. The quantitative estimate of drug-likeness (QED) is 0.568. The number of piperidine rings is 2. The number of aliphatic imine (C=N–C) groups is 1. The van der Waals surface area contributed by atoms with Gasteiger partial charge in [0, 0.05) is 26.2 Å². The molecule has 2 heterocycles. The van der Waals surface area contributed by atoms with Crippen LogP contribution in [-0.4, -0.2) is 55.3 Å². The van der Waals surface area contributed by atoms with E-state index in [2.05, 4.69) is 4.99 Å². The first-order chi connectivity index (χ1) is 9.05. The van der Waals surface area contributed by atoms with Crippen LogP contribution in [0.5, 0.6) is 0 Å². The van der Waals surface area contributed by atoms with Crippen LogP contribution in [0.15, 0.2) is 4.99 Å². The highest BCUT2D eigenvalue weighted by Crippen LogP contribution is 2.24. The molecule has 108 valence electrons. The van der Waals surface area contributed by atoms with E-state index in [-0.39, 0.29) is 12.0 Å². The molecule has 0 radical (unpaired) electrons. The molecule has 0 aromatic carbocycles. The molecule has 0 N–H and O–H groups in total. The van der Waals surface area contributed by atoms with E-state index in [1.807, 2.05) is 6.92 Å². The Hall–Kier alpha value is -0.750. The molecule has 2 unspecified atom stereocenters. The standard InChI is InChI=1S/C12H21N3O3S/c1-11-9-15(8-5-12(11)13-10-16)19(17,18)14-6-3-2-4-7-14/h11-12H,2-9H2,1H3. The SMILES string of the molecule is CC1CN(S(=O)(=O)N2CCCCC2)CCC1N=C=O. The summed E-state index contributed by atoms with van der Waals surface area (Å²) in [7, 11) is -3.33. The molecule has 2 aliphatic heterocycles. The van der Waals surface area contributed by atoms with E-state index in [0.717, 1.165) is 19.3 Å². The fourth-order valence-corrected chi connectivity index (χ4v) is 4.63. The van der Waals surface area contributed by atoms with Crippen LogP contribution in [0.3, 0.4) is 0 Å². The Morgan fingerprint density at radius 2 is 1.79 bits per heavy atom. The number of carbonyl (C=O) groups excluding carboxylic acids is 1. The molecule has 2 saturated heterocycles. The third kappa shape index (κ3) is 3.23. The molecule has 2 aliphatic rings. The maximum Gasteiger partial charge on any atom is 0.281 e. The number of rotatable bonds is 3. The van der Waals surface area contributed by atoms with Gasteiger partial charge in [0.1, 0.15) is 0 Å². The predicted molar refractivity (Wildman–Crippen MR) is 71.6 cm³/mol. The van der Waals surface area contributed by atoms with Gasteiger partial charge < -0.3 is 0 Å². The minimum absolute atomic E-state index is 0.0646. The topological polar surface area (TPSA) is 70.1 Å². The zero-order chi connectivity index (χ0) is 13.9. The normalized spacial score (nSPS) is 30.8. The highest BCUT2D eigenvalue weighted by molar-refractivity contribution is 7.86. The summed E-state index contributed by atoms with van der Waals surface area (Å²) in [6.45, 7) is 4.07. The van der Waals surface area contributed by atoms with Gasteiger partial charge in [0.15, 0.2) is 0 Å². The second-order valence-corrected chi connectivity index (χ2v) is 7.31. The molecule has 0 aromatic heterocycles. The van der Waals surface area contributed by atoms with E-state index in [0.29, 0.717) is 32.6 Å². The average molecular weight is 287 g/mol. The summed E-state index contributed by atoms with van der Waals surface area (Å²) < 4.78 is 28.1. The second-order valence-electron chi connectivity index (χ2n) is 5.38. The first kappa shape index (κ1) is 14.7. The van der Waals surface area contributed by atoms with Crippen molar-refractivity contribution in [3.05, 3.63) is 0 Å². The van der Waals surface area contributed by atoms with Gasteiger partial charge in [0.2, 0.25) is 6.08 Å². The average Bonchev–Trinajstić information content (AvgIpc) is 2.42. The van der Waals surface area contributed by atoms with E-state index in [1.165, 1.54) is 0 Å². The highest BCUT2D eigenvalue weighted by Gasteiger charge is 2.36. The Kier molecular flexibility index (Phi) is 4.73. The summed E-state index contributed by atoms with van der Waals surface area (Å²) in [6, 6.07) is -0.0923. The molecule has 0 amide bonds. The molecule has 0 aromatic rings. The fourth-order valence-electron chi connectivity index (χ4n) is 2.82. The van der Waals surface area contributed by atoms with E-state index in [4.69, 9.17) is 0 Å². The molecule has 7 heteroatoms. The van der Waals surface area contributed by atoms with Crippen molar-refractivity contribution in [1.82, 2.24) is 8.61 Å². The third-order valence-corrected chi connectivity index (χ3v) is 6.01. The van der Waals surface area contributed by atoms with Crippen molar-refractivity contribution in [3.63, 3.8) is 0 Å². The summed E-state index contributed by atoms with van der Waals surface area (Å²) >= 11 is 0. The van der Waals surface area contributed by atoms with Gasteiger partial charge in [-0.2, -0.15) is 17.0 Å². The molecule has 2 atom stereocenters. The van der Waals surface area contributed by atoms with Crippen LogP contribution < -0.4 is 0 Å². The number of hydrogen-bond acceptors (Lipinski definition) is 4. The number of hydrogen-bond donors (Lipinski definition) is 0. The van der Waals surface area contributed by atoms with Gasteiger partial charge in [-0.3, -0.25) is 0 Å². The lowest BCUT2D eigenvalue weighted by Gasteiger charge is -2.37. The molecule has 19 heavy (non-hydrogen) atoms. The summed E-state index contributed by atoms with van der Waals surface area (Å²) in [4.78, 5) is 14.1. The summed E-state index contributed by atoms with van der Waals surface area (Å²) in [5, 5.41) is 0. The van der Waals surface area contributed by atoms with E-state index < -0.39 is 10.2 Å². The maximum atomic E-state index is 12.5. The Labute approximate surface area is 114 Å². The van der Waals surface area contributed by atoms with Crippen LogP contribution in [0.2, 0.25) is 0 Å². The van der Waals surface area contributed by atoms with Crippen LogP contribution in [0.4, 0.5) is 0 Å². The van der Waals surface area contributed by atoms with Crippen molar-refractivity contribution >= 4 is 16.3 Å². The third-order valence-electron chi connectivity index (χ3n) is 4.01. The largest absolute Gasteiger partial charge is 0.281 e. The van der Waals surface area contributed by atoms with Gasteiger partial charge in [0.25, 0.3) is 10.2 Å². The first-order valence-electron chi connectivity index (χ1n) is 6.88. The molecular formula is C12H21N3O3S. The van der Waals surface area contributed by atoms with Crippen LogP contribution in [0, 0.1) is 5.92 Å². The van der Waals surface area contributed by atoms with E-state index in [9.17, 15) is 13.2 Å². The lowest BCUT2D eigenvalue weighted by molar-refractivity contribution is 0.227. The van der Waals surface area contributed by atoms with Gasteiger partial charge in [-0.15, -0.1) is 0 Å². The van der Waals surface area contributed by atoms with Crippen molar-refractivity contribution in [3.8, 4) is 0 Å². The molecule has 0 spiro atoms. The molecule has 0 bridgehead atoms. The number of isocyanates is 1. The van der Waals surface area contributed by atoms with Crippen molar-refractivity contribution < 1.29 is 13.2 Å². The van der Waals surface area contributed by atoms with E-state index >= 15 is 0 Å². The smallest absolute Gasteiger partial charge is 0.211 e. The van der Waals surface area contributed by atoms with Gasteiger partial charge in [0.05, 0.1) is 6.04 Å². The van der Waals surface area contributed by atoms with Crippen molar-refractivity contribution in [2.24, 2.45) is 10.9 Å². The monoisotopic (exact) mass is 287 g/mol. The van der Waals surface area contributed by atoms with Crippen molar-refractivity contribution in [1.29, 1.82) is 0 Å². The fraction of sp³-hybridized carbons (Fsp3) is 0.917. The van der Waals surface area contributed by atoms with E-state index in [1.54, 1.807) is 14.7 Å². The Morgan fingerprint density at radius 1 is 1.11 bits per heavy atom. The van der Waals surface area contributed by atoms with Crippen molar-refractivity contribution in [2.75, 3.05) is 26.2 Å². The molecular weight excluding hydrogens is 266 g/mol. The first-order valence-corrected chi connectivity index (χ1v) is 8.27. The van der Waals surface area contributed by atoms with Gasteiger partial charge >= 0.3 is 0 Å². The van der Waals surface area contributed by atoms with Gasteiger partial charge in [-0.1, -0.05) is 13.3 Å². The van der Waals surface area contributed by atoms with Crippen LogP contribution >= 0.6 is 0 Å². The summed E-state index contributed by atoms with van der Waals surface area (Å²) in [6.07, 6.45) is 5.18. The molecule has 0 saturated carbocycles. The molecule has 2 rings (SSSR count). The zero-order valence-corrected chi connectivity index (χ0v) is 12.1. The molecule has 0 aliphatic carbocycles. The maximum absolute atomic E-state index is 12.5. The lowest BCUT2D eigenvalue weighted by atomic mass is 9.96. The summed E-state index contributed by atoms with van der Waals surface area (Å²) in [5.41, 5.74) is 0. The minimum Gasteiger partial charge on any atom is -0.211 e. The Bertz CT molecular complexity index is 453.